The van der Waals surface area contributed by atoms with Crippen molar-refractivity contribution in [2.75, 3.05) is 0 Å². The van der Waals surface area contributed by atoms with Crippen LogP contribution in [0.5, 0.6) is 0 Å². The fourth-order valence-corrected chi connectivity index (χ4v) is 2.49. The number of benzene rings is 1. The summed E-state index contributed by atoms with van der Waals surface area (Å²) < 4.78 is 0. The summed E-state index contributed by atoms with van der Waals surface area (Å²) in [6.07, 6.45) is 9.46. The first-order valence-corrected chi connectivity index (χ1v) is 6.35. The number of carboxylic acid groups (broad SMARTS) is 1. The van der Waals surface area contributed by atoms with Gasteiger partial charge in [0, 0.05) is 5.41 Å². The van der Waals surface area contributed by atoms with Gasteiger partial charge in [0.25, 0.3) is 0 Å². The molecule has 0 saturated carbocycles. The lowest BCUT2D eigenvalue weighted by atomic mass is 9.72. The molecule has 2 rings (SSSR count). The molecule has 0 aliphatic heterocycles. The van der Waals surface area contributed by atoms with Gasteiger partial charge in [0.15, 0.2) is 0 Å². The van der Waals surface area contributed by atoms with E-state index in [0.29, 0.717) is 12.0 Å². The molecule has 0 amide bonds. The van der Waals surface area contributed by atoms with Crippen LogP contribution in [0.2, 0.25) is 0 Å². The van der Waals surface area contributed by atoms with Crippen molar-refractivity contribution in [3.05, 3.63) is 72.4 Å². The van der Waals surface area contributed by atoms with Crippen molar-refractivity contribution in [2.24, 2.45) is 5.92 Å². The van der Waals surface area contributed by atoms with Gasteiger partial charge in [-0.05, 0) is 18.1 Å². The van der Waals surface area contributed by atoms with Gasteiger partial charge in [-0.2, -0.15) is 5.26 Å². The fourth-order valence-electron chi connectivity index (χ4n) is 2.49. The molecule has 0 saturated heterocycles. The molecule has 1 aliphatic rings. The van der Waals surface area contributed by atoms with Crippen LogP contribution in [0.3, 0.4) is 0 Å². The summed E-state index contributed by atoms with van der Waals surface area (Å²) in [5.41, 5.74) is 0.983. The quantitative estimate of drug-likeness (QED) is 0.850. The van der Waals surface area contributed by atoms with Crippen LogP contribution in [0.25, 0.3) is 0 Å². The van der Waals surface area contributed by atoms with Gasteiger partial charge >= 0.3 is 5.97 Å². The molecule has 0 spiro atoms. The lowest BCUT2D eigenvalue weighted by Gasteiger charge is -2.30. The molecule has 0 fully saturated rings. The van der Waals surface area contributed by atoms with Crippen LogP contribution in [0, 0.1) is 17.2 Å². The van der Waals surface area contributed by atoms with Gasteiger partial charge in [0.05, 0.1) is 17.6 Å². The number of carboxylic acids is 1. The predicted molar refractivity (Wildman–Crippen MR) is 77.1 cm³/mol. The number of carbonyl (C=O) groups is 1. The Balaban J connectivity index is 2.51. The Morgan fingerprint density at radius 3 is 2.60 bits per heavy atom. The van der Waals surface area contributed by atoms with Gasteiger partial charge in [-0.25, -0.2) is 0 Å². The fraction of sp³-hybridized carbons (Fsp3) is 0.176. The molecule has 0 atom stereocenters. The highest BCUT2D eigenvalue weighted by Gasteiger charge is 2.31. The van der Waals surface area contributed by atoms with E-state index in [1.165, 1.54) is 0 Å². The zero-order valence-electron chi connectivity index (χ0n) is 11.0. The van der Waals surface area contributed by atoms with Crippen LogP contribution in [0.4, 0.5) is 0 Å². The molecule has 100 valence electrons. The van der Waals surface area contributed by atoms with E-state index in [4.69, 9.17) is 5.11 Å². The third-order valence-corrected chi connectivity index (χ3v) is 3.52. The van der Waals surface area contributed by atoms with Gasteiger partial charge in [0.1, 0.15) is 0 Å². The van der Waals surface area contributed by atoms with Crippen molar-refractivity contribution in [2.45, 2.75) is 11.8 Å². The summed E-state index contributed by atoms with van der Waals surface area (Å²) >= 11 is 0. The van der Waals surface area contributed by atoms with Crippen molar-refractivity contribution >= 4 is 5.97 Å². The van der Waals surface area contributed by atoms with Crippen LogP contribution in [0.15, 0.2) is 61.2 Å². The summed E-state index contributed by atoms with van der Waals surface area (Å²) in [7, 11) is 0. The first-order valence-electron chi connectivity index (χ1n) is 6.35. The highest BCUT2D eigenvalue weighted by atomic mass is 16.4. The summed E-state index contributed by atoms with van der Waals surface area (Å²) in [5, 5.41) is 18.3. The van der Waals surface area contributed by atoms with Crippen LogP contribution < -0.4 is 0 Å². The smallest absolute Gasteiger partial charge is 0.314 e. The molecule has 1 aromatic carbocycles. The van der Waals surface area contributed by atoms with E-state index in [0.717, 1.165) is 5.56 Å². The van der Waals surface area contributed by atoms with Crippen molar-refractivity contribution in [3.63, 3.8) is 0 Å². The minimum atomic E-state index is -0.877. The Labute approximate surface area is 118 Å². The first kappa shape index (κ1) is 13.8. The highest BCUT2D eigenvalue weighted by Crippen LogP contribution is 2.37. The summed E-state index contributed by atoms with van der Waals surface area (Å²) in [6.45, 7) is 3.77. The highest BCUT2D eigenvalue weighted by molar-refractivity contribution is 5.75. The lowest BCUT2D eigenvalue weighted by Crippen LogP contribution is -2.26. The predicted octanol–water partition coefficient (Wildman–Crippen LogP) is 3.20. The van der Waals surface area contributed by atoms with Gasteiger partial charge < -0.3 is 5.11 Å². The second-order valence-corrected chi connectivity index (χ2v) is 4.77. The largest absolute Gasteiger partial charge is 0.481 e. The standard InChI is InChI=1S/C17H15NO2/c1-2-9-17(10-7-13(8-11-17)16(19)20)15-6-4-3-5-14(15)12-18/h2-8,10-11,13H,1,9H2,(H,19,20). The maximum atomic E-state index is 11.0. The maximum Gasteiger partial charge on any atom is 0.314 e. The Bertz CT molecular complexity index is 621. The summed E-state index contributed by atoms with van der Waals surface area (Å²) in [6, 6.07) is 9.56. The van der Waals surface area contributed by atoms with E-state index in [9.17, 15) is 10.1 Å². The van der Waals surface area contributed by atoms with Crippen LogP contribution in [-0.4, -0.2) is 11.1 Å². The molecule has 0 radical (unpaired) electrons. The van der Waals surface area contributed by atoms with Crippen LogP contribution in [-0.2, 0) is 10.2 Å². The molecule has 0 aromatic heterocycles. The molecular weight excluding hydrogens is 250 g/mol. The summed E-state index contributed by atoms with van der Waals surface area (Å²) in [4.78, 5) is 11.0. The molecule has 20 heavy (non-hydrogen) atoms. The molecule has 1 N–H and O–H groups in total. The average molecular weight is 265 g/mol. The molecule has 3 heteroatoms. The minimum absolute atomic E-state index is 0.486. The number of rotatable bonds is 4. The van der Waals surface area contributed by atoms with E-state index in [1.807, 2.05) is 30.4 Å². The summed E-state index contributed by atoms with van der Waals surface area (Å²) in [5.74, 6) is -1.49. The van der Waals surface area contributed by atoms with Crippen molar-refractivity contribution in [3.8, 4) is 6.07 Å². The van der Waals surface area contributed by atoms with Gasteiger partial charge in [-0.15, -0.1) is 6.58 Å². The van der Waals surface area contributed by atoms with E-state index in [1.54, 1.807) is 24.3 Å². The Morgan fingerprint density at radius 2 is 2.05 bits per heavy atom. The molecule has 0 unspecified atom stereocenters. The third-order valence-electron chi connectivity index (χ3n) is 3.52. The number of hydrogen-bond acceptors (Lipinski definition) is 2. The van der Waals surface area contributed by atoms with Gasteiger partial charge in [-0.1, -0.05) is 48.6 Å². The van der Waals surface area contributed by atoms with E-state index < -0.39 is 17.3 Å². The number of hydrogen-bond donors (Lipinski definition) is 1. The third kappa shape index (κ3) is 2.41. The number of allylic oxidation sites excluding steroid dienone is 3. The SMILES string of the molecule is C=CCC1(c2ccccc2C#N)C=CC(C(=O)O)C=C1. The van der Waals surface area contributed by atoms with Crippen LogP contribution in [0.1, 0.15) is 17.5 Å². The topological polar surface area (TPSA) is 61.1 Å². The lowest BCUT2D eigenvalue weighted by molar-refractivity contribution is -0.138. The zero-order valence-corrected chi connectivity index (χ0v) is 11.0. The van der Waals surface area contributed by atoms with Gasteiger partial charge in [-0.3, -0.25) is 4.79 Å². The van der Waals surface area contributed by atoms with E-state index in [2.05, 4.69) is 12.6 Å². The van der Waals surface area contributed by atoms with E-state index >= 15 is 0 Å². The molecular formula is C17H15NO2. The number of nitriles is 1. The molecule has 0 bridgehead atoms. The Morgan fingerprint density at radius 1 is 1.40 bits per heavy atom. The second kappa shape index (κ2) is 5.58. The number of nitrogens with zero attached hydrogens (tertiary/aromatic N) is 1. The van der Waals surface area contributed by atoms with Crippen molar-refractivity contribution in [1.29, 1.82) is 5.26 Å². The first-order chi connectivity index (χ1) is 9.63. The normalized spacial score (nSPS) is 24.1. The number of aliphatic carboxylic acids is 1. The second-order valence-electron chi connectivity index (χ2n) is 4.77. The molecule has 3 nitrogen and oxygen atoms in total. The van der Waals surface area contributed by atoms with E-state index in [-0.39, 0.29) is 0 Å². The maximum absolute atomic E-state index is 11.0. The van der Waals surface area contributed by atoms with Crippen molar-refractivity contribution in [1.82, 2.24) is 0 Å². The minimum Gasteiger partial charge on any atom is -0.481 e. The average Bonchev–Trinajstić information content (AvgIpc) is 2.48. The molecule has 0 heterocycles. The Kier molecular flexibility index (Phi) is 3.86. The Hall–Kier alpha value is -2.60. The van der Waals surface area contributed by atoms with Gasteiger partial charge in [0.2, 0.25) is 0 Å². The zero-order chi connectivity index (χ0) is 14.6. The molecule has 1 aromatic rings. The monoisotopic (exact) mass is 265 g/mol. The molecule has 1 aliphatic carbocycles. The van der Waals surface area contributed by atoms with Crippen molar-refractivity contribution < 1.29 is 9.90 Å². The van der Waals surface area contributed by atoms with Crippen LogP contribution >= 0.6 is 0 Å².